The van der Waals surface area contributed by atoms with Crippen molar-refractivity contribution in [2.24, 2.45) is 0 Å². The van der Waals surface area contributed by atoms with E-state index in [0.717, 1.165) is 0 Å². The molecule has 212 valence electrons. The molecule has 13 heteroatoms. The monoisotopic (exact) mass is 588 g/mol. The molecule has 0 radical (unpaired) electrons. The highest BCUT2D eigenvalue weighted by molar-refractivity contribution is 6.41. The molecule has 0 bridgehead atoms. The number of amides is 1. The van der Waals surface area contributed by atoms with E-state index in [9.17, 15) is 9.90 Å². The molecule has 2 aliphatic rings. The zero-order valence-corrected chi connectivity index (χ0v) is 23.8. The summed E-state index contributed by atoms with van der Waals surface area (Å²) < 4.78 is 16.5. The number of nitrogens with zero attached hydrogens (tertiary/aromatic N) is 4. The number of hydrogen-bond donors (Lipinski definition) is 3. The number of fused-ring (bicyclic) bond motifs is 1. The van der Waals surface area contributed by atoms with E-state index < -0.39 is 5.60 Å². The Bertz CT molecular complexity index is 1440. The minimum absolute atomic E-state index is 0.244. The topological polar surface area (TPSA) is 131 Å². The minimum Gasteiger partial charge on any atom is -0.495 e. The fourth-order valence-corrected chi connectivity index (χ4v) is 5.62. The van der Waals surface area contributed by atoms with Gasteiger partial charge in [0.2, 0.25) is 11.9 Å². The van der Waals surface area contributed by atoms with Gasteiger partial charge in [0.15, 0.2) is 5.82 Å². The fourth-order valence-electron chi connectivity index (χ4n) is 4.92. The average molecular weight is 589 g/mol. The van der Waals surface area contributed by atoms with Crippen LogP contribution in [0, 0.1) is 0 Å². The Balaban J connectivity index is 1.60. The van der Waals surface area contributed by atoms with Crippen molar-refractivity contribution in [2.45, 2.75) is 31.0 Å². The Morgan fingerprint density at radius 1 is 1.20 bits per heavy atom. The van der Waals surface area contributed by atoms with Gasteiger partial charge in [-0.2, -0.15) is 0 Å². The maximum absolute atomic E-state index is 11.8. The van der Waals surface area contributed by atoms with Crippen LogP contribution in [0.15, 0.2) is 31.0 Å². The predicted octanol–water partition coefficient (Wildman–Crippen LogP) is 3.46. The molecule has 2 fully saturated rings. The molecule has 4 heterocycles. The van der Waals surface area contributed by atoms with E-state index in [1.54, 1.807) is 25.3 Å². The van der Waals surface area contributed by atoms with Crippen molar-refractivity contribution in [1.29, 1.82) is 0 Å². The predicted molar refractivity (Wildman–Crippen MR) is 154 cm³/mol. The number of β-amino-alcohol motifs (C(OH)–C–C–N with tert-alkyl or cyclic N) is 1. The highest BCUT2D eigenvalue weighted by atomic mass is 35.5. The molecule has 2 aliphatic heterocycles. The summed E-state index contributed by atoms with van der Waals surface area (Å²) in [7, 11) is 3.02. The minimum atomic E-state index is -0.885. The largest absolute Gasteiger partial charge is 0.495 e. The summed E-state index contributed by atoms with van der Waals surface area (Å²) in [5, 5.41) is 18.1. The lowest BCUT2D eigenvalue weighted by atomic mass is 10.1. The van der Waals surface area contributed by atoms with Crippen LogP contribution < -0.4 is 25.0 Å². The van der Waals surface area contributed by atoms with Crippen LogP contribution in [0.4, 0.5) is 11.8 Å². The maximum Gasteiger partial charge on any atom is 0.243 e. The molecular formula is C27H30Cl2N6O5. The lowest BCUT2D eigenvalue weighted by Gasteiger charge is -2.23. The Labute approximate surface area is 241 Å². The second kappa shape index (κ2) is 11.2. The Morgan fingerprint density at radius 3 is 2.52 bits per heavy atom. The number of aliphatic hydroxyl groups is 1. The number of pyridine rings is 1. The summed E-state index contributed by atoms with van der Waals surface area (Å²) in [6.45, 7) is 6.96. The van der Waals surface area contributed by atoms with Gasteiger partial charge in [-0.1, -0.05) is 29.8 Å². The van der Waals surface area contributed by atoms with Gasteiger partial charge in [-0.25, -0.2) is 15.0 Å². The number of rotatable bonds is 8. The summed E-state index contributed by atoms with van der Waals surface area (Å²) in [5.41, 5.74) is 0.609. The Kier molecular flexibility index (Phi) is 7.92. The van der Waals surface area contributed by atoms with Gasteiger partial charge in [0.25, 0.3) is 0 Å². The highest BCUT2D eigenvalue weighted by Gasteiger charge is 2.34. The molecule has 0 saturated carbocycles. The number of methoxy groups -OCH3 is 2. The molecular weight excluding hydrogens is 559 g/mol. The average Bonchev–Trinajstić information content (AvgIpc) is 3.53. The number of aromatic nitrogens is 3. The van der Waals surface area contributed by atoms with Crippen molar-refractivity contribution >= 4 is 51.8 Å². The third kappa shape index (κ3) is 5.46. The van der Waals surface area contributed by atoms with E-state index in [0.29, 0.717) is 78.1 Å². The van der Waals surface area contributed by atoms with Gasteiger partial charge >= 0.3 is 0 Å². The molecule has 1 unspecified atom stereocenters. The van der Waals surface area contributed by atoms with Gasteiger partial charge in [-0.05, 0) is 25.5 Å². The van der Waals surface area contributed by atoms with E-state index in [2.05, 4.69) is 22.2 Å². The molecule has 1 amide bonds. The van der Waals surface area contributed by atoms with Crippen molar-refractivity contribution in [3.8, 4) is 22.8 Å². The first kappa shape index (κ1) is 28.2. The van der Waals surface area contributed by atoms with Gasteiger partial charge in [0.05, 0.1) is 60.9 Å². The zero-order chi connectivity index (χ0) is 28.6. The summed E-state index contributed by atoms with van der Waals surface area (Å²) in [6, 6.07) is 2.90. The zero-order valence-electron chi connectivity index (χ0n) is 22.3. The second-order valence-corrected chi connectivity index (χ2v) is 10.8. The SMILES string of the molecule is C=CC(=O)N[C@H]1COC[C@H]1Nc1ncc2cc(-c3c(Cl)c(OC)cc(OC)c3Cl)nc(N3CCC(C)(O)C3)c2n1. The van der Waals surface area contributed by atoms with Crippen molar-refractivity contribution in [3.05, 3.63) is 41.0 Å². The highest BCUT2D eigenvalue weighted by Crippen LogP contribution is 2.46. The molecule has 0 aliphatic carbocycles. The van der Waals surface area contributed by atoms with Crippen molar-refractivity contribution < 1.29 is 24.1 Å². The van der Waals surface area contributed by atoms with E-state index in [4.69, 9.17) is 47.4 Å². The first-order valence-corrected chi connectivity index (χ1v) is 13.4. The van der Waals surface area contributed by atoms with E-state index in [1.807, 2.05) is 4.90 Å². The van der Waals surface area contributed by atoms with Crippen molar-refractivity contribution in [1.82, 2.24) is 20.3 Å². The number of nitrogens with one attached hydrogen (secondary N) is 2. The third-order valence-corrected chi connectivity index (χ3v) is 7.79. The quantitative estimate of drug-likeness (QED) is 0.336. The van der Waals surface area contributed by atoms with Gasteiger partial charge in [-0.3, -0.25) is 4.79 Å². The smallest absolute Gasteiger partial charge is 0.243 e. The van der Waals surface area contributed by atoms with Crippen LogP contribution >= 0.6 is 23.2 Å². The van der Waals surface area contributed by atoms with Crippen LogP contribution in [0.1, 0.15) is 13.3 Å². The molecule has 11 nitrogen and oxygen atoms in total. The molecule has 3 aromatic rings. The number of hydrogen-bond acceptors (Lipinski definition) is 10. The van der Waals surface area contributed by atoms with Crippen LogP contribution in [-0.2, 0) is 9.53 Å². The van der Waals surface area contributed by atoms with E-state index in [1.165, 1.54) is 20.3 Å². The third-order valence-electron chi connectivity index (χ3n) is 7.04. The van der Waals surface area contributed by atoms with Gasteiger partial charge in [-0.15, -0.1) is 0 Å². The molecule has 2 aromatic heterocycles. The summed E-state index contributed by atoms with van der Waals surface area (Å²) >= 11 is 13.4. The van der Waals surface area contributed by atoms with Gasteiger partial charge in [0.1, 0.15) is 17.0 Å². The lowest BCUT2D eigenvalue weighted by Crippen LogP contribution is -2.45. The first-order chi connectivity index (χ1) is 19.1. The maximum atomic E-state index is 11.8. The van der Waals surface area contributed by atoms with Crippen LogP contribution in [0.3, 0.4) is 0 Å². The Hall–Kier alpha value is -3.38. The Morgan fingerprint density at radius 2 is 1.90 bits per heavy atom. The van der Waals surface area contributed by atoms with Crippen LogP contribution in [-0.4, -0.2) is 84.2 Å². The second-order valence-electron chi connectivity index (χ2n) is 10.0. The number of carbonyl (C=O) groups is 1. The van der Waals surface area contributed by atoms with Crippen molar-refractivity contribution in [2.75, 3.05) is 50.7 Å². The summed E-state index contributed by atoms with van der Waals surface area (Å²) in [6.07, 6.45) is 3.47. The number of ether oxygens (including phenoxy) is 3. The van der Waals surface area contributed by atoms with Crippen LogP contribution in [0.2, 0.25) is 10.0 Å². The molecule has 3 atom stereocenters. The number of anilines is 2. The summed E-state index contributed by atoms with van der Waals surface area (Å²) in [5.74, 6) is 1.38. The van der Waals surface area contributed by atoms with Gasteiger partial charge < -0.3 is 34.9 Å². The molecule has 3 N–H and O–H groups in total. The van der Waals surface area contributed by atoms with E-state index in [-0.39, 0.29) is 28.0 Å². The molecule has 40 heavy (non-hydrogen) atoms. The molecule has 1 aromatic carbocycles. The number of halogens is 2. The lowest BCUT2D eigenvalue weighted by molar-refractivity contribution is -0.117. The van der Waals surface area contributed by atoms with Crippen molar-refractivity contribution in [3.63, 3.8) is 0 Å². The molecule has 5 rings (SSSR count). The van der Waals surface area contributed by atoms with E-state index >= 15 is 0 Å². The number of benzene rings is 1. The van der Waals surface area contributed by atoms with Crippen LogP contribution in [0.25, 0.3) is 22.2 Å². The molecule has 2 saturated heterocycles. The first-order valence-electron chi connectivity index (χ1n) is 12.7. The summed E-state index contributed by atoms with van der Waals surface area (Å²) in [4.78, 5) is 28.1. The molecule has 0 spiro atoms. The van der Waals surface area contributed by atoms with Gasteiger partial charge in [0, 0.05) is 36.3 Å². The standard InChI is InChI=1S/C27H30Cl2N6O5/c1-5-20(36)31-16-11-40-12-17(16)33-26-30-10-14-8-15(21-22(28)18(38-3)9-19(39-4)23(21)29)32-25(24(14)34-26)35-7-6-27(2,37)13-35/h5,8-10,16-17,37H,1,6-7,11-13H2,2-4H3,(H,31,36)(H,30,33,34)/t16-,17+,27?/m0/s1. The fraction of sp³-hybridized carbons (Fsp3) is 0.407. The van der Waals surface area contributed by atoms with Crippen LogP contribution in [0.5, 0.6) is 11.5 Å². The normalized spacial score (nSPS) is 22.4. The number of carbonyl (C=O) groups excluding carboxylic acids is 1.